The molecule has 1 N–H and O–H groups in total. The molecular formula is C14H12N4OS3. The second-order valence-electron chi connectivity index (χ2n) is 4.37. The molecule has 0 aliphatic carbocycles. The fourth-order valence-electron chi connectivity index (χ4n) is 1.73. The molecule has 0 atom stereocenters. The van der Waals surface area contributed by atoms with Crippen LogP contribution < -0.4 is 5.32 Å². The van der Waals surface area contributed by atoms with E-state index in [4.69, 9.17) is 0 Å². The molecule has 0 saturated heterocycles. The van der Waals surface area contributed by atoms with Gasteiger partial charge in [-0.25, -0.2) is 4.98 Å². The van der Waals surface area contributed by atoms with Crippen molar-refractivity contribution in [1.29, 1.82) is 0 Å². The SMILES string of the molecule is Cc1nc(CSc2ccc(C(=O)Nc3nncs3)cc2)cs1. The molecule has 22 heavy (non-hydrogen) atoms. The Labute approximate surface area is 139 Å². The second kappa shape index (κ2) is 6.99. The van der Waals surface area contributed by atoms with Gasteiger partial charge in [0.05, 0.1) is 10.7 Å². The Hall–Kier alpha value is -1.77. The number of hydrogen-bond acceptors (Lipinski definition) is 7. The first-order chi connectivity index (χ1) is 10.7. The first-order valence-electron chi connectivity index (χ1n) is 6.42. The van der Waals surface area contributed by atoms with Gasteiger partial charge in [-0.1, -0.05) is 11.3 Å². The van der Waals surface area contributed by atoms with Gasteiger partial charge in [-0.15, -0.1) is 33.3 Å². The van der Waals surface area contributed by atoms with E-state index in [2.05, 4.69) is 25.9 Å². The summed E-state index contributed by atoms with van der Waals surface area (Å²) in [6.45, 7) is 2.00. The van der Waals surface area contributed by atoms with E-state index >= 15 is 0 Å². The van der Waals surface area contributed by atoms with Crippen molar-refractivity contribution in [1.82, 2.24) is 15.2 Å². The van der Waals surface area contributed by atoms with Crippen molar-refractivity contribution in [2.45, 2.75) is 17.6 Å². The number of rotatable bonds is 5. The van der Waals surface area contributed by atoms with Gasteiger partial charge in [0, 0.05) is 21.6 Å². The Kier molecular flexibility index (Phi) is 4.81. The fraction of sp³-hybridized carbons (Fsp3) is 0.143. The van der Waals surface area contributed by atoms with E-state index in [1.807, 2.05) is 31.2 Å². The minimum Gasteiger partial charge on any atom is -0.296 e. The van der Waals surface area contributed by atoms with Crippen molar-refractivity contribution >= 4 is 45.5 Å². The number of nitrogens with zero attached hydrogens (tertiary/aromatic N) is 3. The van der Waals surface area contributed by atoms with E-state index in [1.54, 1.807) is 28.6 Å². The molecule has 0 fully saturated rings. The number of amides is 1. The van der Waals surface area contributed by atoms with Gasteiger partial charge < -0.3 is 0 Å². The quantitative estimate of drug-likeness (QED) is 0.709. The summed E-state index contributed by atoms with van der Waals surface area (Å²) >= 11 is 4.66. The maximum atomic E-state index is 12.0. The van der Waals surface area contributed by atoms with E-state index in [0.29, 0.717) is 10.7 Å². The third-order valence-electron chi connectivity index (χ3n) is 2.75. The fourth-order valence-corrected chi connectivity index (χ4v) is 3.68. The molecule has 3 rings (SSSR count). The largest absolute Gasteiger partial charge is 0.296 e. The Morgan fingerprint density at radius 1 is 1.27 bits per heavy atom. The van der Waals surface area contributed by atoms with Crippen molar-refractivity contribution in [2.75, 3.05) is 5.32 Å². The summed E-state index contributed by atoms with van der Waals surface area (Å²) in [5.41, 5.74) is 3.27. The highest BCUT2D eigenvalue weighted by atomic mass is 32.2. The number of benzene rings is 1. The summed E-state index contributed by atoms with van der Waals surface area (Å²) in [7, 11) is 0. The third kappa shape index (κ3) is 3.90. The minimum atomic E-state index is -0.177. The van der Waals surface area contributed by atoms with Crippen molar-refractivity contribution < 1.29 is 4.79 Å². The monoisotopic (exact) mass is 348 g/mol. The van der Waals surface area contributed by atoms with Gasteiger partial charge in [0.25, 0.3) is 5.91 Å². The lowest BCUT2D eigenvalue weighted by Gasteiger charge is -2.03. The van der Waals surface area contributed by atoms with Crippen LogP contribution in [-0.4, -0.2) is 21.1 Å². The molecule has 2 aromatic heterocycles. The second-order valence-corrected chi connectivity index (χ2v) is 7.31. The molecule has 0 aliphatic rings. The van der Waals surface area contributed by atoms with Crippen LogP contribution in [0, 0.1) is 6.92 Å². The molecule has 2 heterocycles. The van der Waals surface area contributed by atoms with E-state index < -0.39 is 0 Å². The number of aryl methyl sites for hydroxylation is 1. The first-order valence-corrected chi connectivity index (χ1v) is 9.16. The topological polar surface area (TPSA) is 67.8 Å². The van der Waals surface area contributed by atoms with Gasteiger partial charge in [0.1, 0.15) is 5.51 Å². The number of aromatic nitrogens is 3. The average Bonchev–Trinajstić information content (AvgIpc) is 3.17. The predicted molar refractivity (Wildman–Crippen MR) is 90.7 cm³/mol. The molecule has 3 aromatic rings. The zero-order valence-corrected chi connectivity index (χ0v) is 14.1. The Bertz CT molecular complexity index is 753. The average molecular weight is 348 g/mol. The van der Waals surface area contributed by atoms with Gasteiger partial charge in [-0.2, -0.15) is 0 Å². The van der Waals surface area contributed by atoms with Crippen molar-refractivity contribution in [3.63, 3.8) is 0 Å². The zero-order valence-electron chi connectivity index (χ0n) is 11.6. The first kappa shape index (κ1) is 15.1. The molecule has 0 saturated carbocycles. The molecular weight excluding hydrogens is 336 g/mol. The Balaban J connectivity index is 1.58. The standard InChI is InChI=1S/C14H12N4OS3/c1-9-16-11(6-20-9)7-21-12-4-2-10(3-5-12)13(19)17-14-18-15-8-22-14/h2-6,8H,7H2,1H3,(H,17,18,19). The van der Waals surface area contributed by atoms with Crippen LogP contribution in [0.2, 0.25) is 0 Å². The van der Waals surface area contributed by atoms with Crippen LogP contribution in [0.15, 0.2) is 40.1 Å². The highest BCUT2D eigenvalue weighted by Gasteiger charge is 2.08. The van der Waals surface area contributed by atoms with E-state index in [1.165, 1.54) is 11.3 Å². The number of carbonyl (C=O) groups excluding carboxylic acids is 1. The molecule has 1 amide bonds. The van der Waals surface area contributed by atoms with Crippen LogP contribution in [0.5, 0.6) is 0 Å². The molecule has 0 radical (unpaired) electrons. The highest BCUT2D eigenvalue weighted by Crippen LogP contribution is 2.24. The van der Waals surface area contributed by atoms with Gasteiger partial charge >= 0.3 is 0 Å². The van der Waals surface area contributed by atoms with Gasteiger partial charge in [0.15, 0.2) is 0 Å². The number of carbonyl (C=O) groups is 1. The summed E-state index contributed by atoms with van der Waals surface area (Å²) in [5.74, 6) is 0.657. The summed E-state index contributed by atoms with van der Waals surface area (Å²) in [6, 6.07) is 7.51. The van der Waals surface area contributed by atoms with Gasteiger partial charge in [0.2, 0.25) is 5.13 Å². The van der Waals surface area contributed by atoms with Crippen molar-refractivity contribution in [2.24, 2.45) is 0 Å². The Morgan fingerprint density at radius 2 is 2.09 bits per heavy atom. The van der Waals surface area contributed by atoms with Gasteiger partial charge in [-0.3, -0.25) is 10.1 Å². The molecule has 0 aliphatic heterocycles. The predicted octanol–water partition coefficient (Wildman–Crippen LogP) is 3.85. The van der Waals surface area contributed by atoms with Crippen LogP contribution in [-0.2, 0) is 5.75 Å². The third-order valence-corrected chi connectivity index (χ3v) is 5.22. The van der Waals surface area contributed by atoms with Crippen molar-refractivity contribution in [3.8, 4) is 0 Å². The van der Waals surface area contributed by atoms with Crippen LogP contribution >= 0.6 is 34.4 Å². The molecule has 112 valence electrons. The van der Waals surface area contributed by atoms with E-state index in [-0.39, 0.29) is 5.91 Å². The normalized spacial score (nSPS) is 10.6. The van der Waals surface area contributed by atoms with Crippen LogP contribution in [0.4, 0.5) is 5.13 Å². The van der Waals surface area contributed by atoms with Crippen molar-refractivity contribution in [3.05, 3.63) is 51.4 Å². The maximum Gasteiger partial charge on any atom is 0.257 e. The molecule has 0 unspecified atom stereocenters. The minimum absolute atomic E-state index is 0.177. The lowest BCUT2D eigenvalue weighted by atomic mass is 10.2. The van der Waals surface area contributed by atoms with E-state index in [0.717, 1.165) is 21.3 Å². The lowest BCUT2D eigenvalue weighted by molar-refractivity contribution is 0.102. The molecule has 8 heteroatoms. The van der Waals surface area contributed by atoms with Crippen LogP contribution in [0.1, 0.15) is 21.1 Å². The number of hydrogen-bond donors (Lipinski definition) is 1. The van der Waals surface area contributed by atoms with Gasteiger partial charge in [-0.05, 0) is 31.2 Å². The number of thioether (sulfide) groups is 1. The smallest absolute Gasteiger partial charge is 0.257 e. The highest BCUT2D eigenvalue weighted by molar-refractivity contribution is 7.98. The molecule has 0 bridgehead atoms. The summed E-state index contributed by atoms with van der Waals surface area (Å²) in [5, 5.41) is 13.8. The number of anilines is 1. The number of nitrogens with one attached hydrogen (secondary N) is 1. The van der Waals surface area contributed by atoms with E-state index in [9.17, 15) is 4.79 Å². The molecule has 0 spiro atoms. The maximum absolute atomic E-state index is 12.0. The summed E-state index contributed by atoms with van der Waals surface area (Å²) < 4.78 is 0. The molecule has 5 nitrogen and oxygen atoms in total. The van der Waals surface area contributed by atoms with Crippen LogP contribution in [0.3, 0.4) is 0 Å². The summed E-state index contributed by atoms with van der Waals surface area (Å²) in [4.78, 5) is 17.6. The summed E-state index contributed by atoms with van der Waals surface area (Å²) in [6.07, 6.45) is 0. The zero-order chi connectivity index (χ0) is 15.4. The lowest BCUT2D eigenvalue weighted by Crippen LogP contribution is -2.11. The molecule has 1 aromatic carbocycles. The number of thiazole rings is 1. The Morgan fingerprint density at radius 3 is 2.73 bits per heavy atom. The van der Waals surface area contributed by atoms with Crippen LogP contribution in [0.25, 0.3) is 0 Å².